The minimum absolute atomic E-state index is 0.00795. The Bertz CT molecular complexity index is 618. The van der Waals surface area contributed by atoms with Gasteiger partial charge in [-0.05, 0) is 29.5 Å². The number of nitrogens with two attached hydrogens (primary N) is 1. The number of rotatable bonds is 4. The van der Waals surface area contributed by atoms with E-state index in [0.29, 0.717) is 12.6 Å². The fourth-order valence-corrected chi connectivity index (χ4v) is 2.11. The Morgan fingerprint density at radius 3 is 2.57 bits per heavy atom. The largest absolute Gasteiger partial charge is 0.424 e. The summed E-state index contributed by atoms with van der Waals surface area (Å²) in [5.74, 6) is 0.800. The van der Waals surface area contributed by atoms with Crippen molar-refractivity contribution in [3.05, 3.63) is 47.3 Å². The van der Waals surface area contributed by atoms with Crippen LogP contribution in [0.2, 0.25) is 0 Å². The fraction of sp³-hybridized carbons (Fsp3) is 0.412. The lowest BCUT2D eigenvalue weighted by molar-refractivity contribution is 0.420. The smallest absolute Gasteiger partial charge is 0.322 e. The van der Waals surface area contributed by atoms with Crippen molar-refractivity contribution in [2.24, 2.45) is 5.73 Å². The van der Waals surface area contributed by atoms with Crippen LogP contribution in [-0.2, 0) is 18.4 Å². The highest BCUT2D eigenvalue weighted by atomic mass is 16.5. The van der Waals surface area contributed by atoms with Gasteiger partial charge in [0.05, 0.1) is 5.69 Å². The van der Waals surface area contributed by atoms with Crippen molar-refractivity contribution in [3.63, 3.8) is 0 Å². The van der Waals surface area contributed by atoms with Gasteiger partial charge in [-0.1, -0.05) is 39.8 Å². The molecule has 4 nitrogen and oxygen atoms in total. The molecule has 0 unspecified atom stereocenters. The second-order valence-electron chi connectivity index (χ2n) is 6.07. The van der Waals surface area contributed by atoms with Crippen LogP contribution in [0.15, 0.2) is 30.5 Å². The molecule has 112 valence electrons. The highest BCUT2D eigenvalue weighted by molar-refractivity contribution is 5.42. The molecule has 1 aromatic heterocycles. The predicted molar refractivity (Wildman–Crippen MR) is 84.5 cm³/mol. The average Bonchev–Trinajstić information content (AvgIpc) is 2.46. The maximum absolute atomic E-state index is 5.90. The Labute approximate surface area is 126 Å². The first-order chi connectivity index (χ1) is 9.94. The minimum atomic E-state index is -0.00795. The summed E-state index contributed by atoms with van der Waals surface area (Å²) in [6.07, 6.45) is 2.67. The van der Waals surface area contributed by atoms with Crippen molar-refractivity contribution in [3.8, 4) is 11.8 Å². The monoisotopic (exact) mass is 285 g/mol. The van der Waals surface area contributed by atoms with Crippen LogP contribution in [-0.4, -0.2) is 9.97 Å². The molecule has 1 aromatic carbocycles. The van der Waals surface area contributed by atoms with Crippen molar-refractivity contribution >= 4 is 0 Å². The summed E-state index contributed by atoms with van der Waals surface area (Å²) < 4.78 is 5.90. The molecule has 21 heavy (non-hydrogen) atoms. The van der Waals surface area contributed by atoms with Gasteiger partial charge in [-0.3, -0.25) is 0 Å². The number of hydrogen-bond donors (Lipinski definition) is 1. The van der Waals surface area contributed by atoms with Crippen LogP contribution in [0.3, 0.4) is 0 Å². The number of ether oxygens (including phenoxy) is 1. The maximum atomic E-state index is 5.90. The van der Waals surface area contributed by atoms with Gasteiger partial charge in [-0.2, -0.15) is 4.98 Å². The first kappa shape index (κ1) is 15.4. The van der Waals surface area contributed by atoms with E-state index in [2.05, 4.69) is 49.8 Å². The Balaban J connectivity index is 2.39. The molecule has 0 atom stereocenters. The summed E-state index contributed by atoms with van der Waals surface area (Å²) in [4.78, 5) is 8.45. The molecule has 0 amide bonds. The van der Waals surface area contributed by atoms with E-state index in [4.69, 9.17) is 10.5 Å². The normalized spacial score (nSPS) is 11.5. The fourth-order valence-electron chi connectivity index (χ4n) is 2.11. The van der Waals surface area contributed by atoms with Gasteiger partial charge < -0.3 is 10.5 Å². The number of hydrogen-bond acceptors (Lipinski definition) is 4. The second-order valence-corrected chi connectivity index (χ2v) is 6.07. The van der Waals surface area contributed by atoms with Crippen molar-refractivity contribution in [2.75, 3.05) is 0 Å². The highest BCUT2D eigenvalue weighted by Gasteiger charge is 2.20. The van der Waals surface area contributed by atoms with Gasteiger partial charge in [0.25, 0.3) is 0 Å². The molecule has 0 bridgehead atoms. The van der Waals surface area contributed by atoms with E-state index in [1.807, 2.05) is 6.07 Å². The van der Waals surface area contributed by atoms with E-state index in [9.17, 15) is 0 Å². The van der Waals surface area contributed by atoms with Crippen LogP contribution in [0.4, 0.5) is 0 Å². The molecule has 2 aromatic rings. The van der Waals surface area contributed by atoms with Gasteiger partial charge in [0.2, 0.25) is 0 Å². The average molecular weight is 285 g/mol. The van der Waals surface area contributed by atoms with Gasteiger partial charge in [-0.25, -0.2) is 4.98 Å². The zero-order chi connectivity index (χ0) is 15.5. The van der Waals surface area contributed by atoms with Crippen molar-refractivity contribution in [1.82, 2.24) is 9.97 Å². The van der Waals surface area contributed by atoms with E-state index >= 15 is 0 Å². The van der Waals surface area contributed by atoms with Crippen LogP contribution < -0.4 is 10.5 Å². The Hall–Kier alpha value is -1.94. The second kappa shape index (κ2) is 6.22. The zero-order valence-electron chi connectivity index (χ0n) is 13.2. The molecule has 0 saturated carbocycles. The molecule has 0 aliphatic heterocycles. The van der Waals surface area contributed by atoms with Crippen LogP contribution in [0.25, 0.3) is 0 Å². The maximum Gasteiger partial charge on any atom is 0.322 e. The number of benzene rings is 1. The Kier molecular flexibility index (Phi) is 4.58. The Morgan fingerprint density at radius 1 is 1.19 bits per heavy atom. The predicted octanol–water partition coefficient (Wildman–Crippen LogP) is 3.59. The van der Waals surface area contributed by atoms with E-state index in [-0.39, 0.29) is 5.41 Å². The molecule has 0 aliphatic carbocycles. The van der Waals surface area contributed by atoms with Crippen LogP contribution in [0, 0.1) is 0 Å². The van der Waals surface area contributed by atoms with Gasteiger partial charge in [-0.15, -0.1) is 0 Å². The first-order valence-electron chi connectivity index (χ1n) is 7.27. The number of aryl methyl sites for hydroxylation is 1. The van der Waals surface area contributed by atoms with Gasteiger partial charge >= 0.3 is 6.01 Å². The highest BCUT2D eigenvalue weighted by Crippen LogP contribution is 2.34. The lowest BCUT2D eigenvalue weighted by Crippen LogP contribution is -2.13. The number of nitrogens with zero attached hydrogens (tertiary/aromatic N) is 2. The SMILES string of the molecule is CCc1ccc(Oc2nccc(CN)n2)c(C(C)(C)C)c1. The molecule has 2 N–H and O–H groups in total. The Morgan fingerprint density at radius 2 is 1.95 bits per heavy atom. The lowest BCUT2D eigenvalue weighted by Gasteiger charge is -2.23. The molecule has 0 radical (unpaired) electrons. The van der Waals surface area contributed by atoms with E-state index < -0.39 is 0 Å². The molecule has 0 fully saturated rings. The molecule has 0 aliphatic rings. The summed E-state index contributed by atoms with van der Waals surface area (Å²) in [6, 6.07) is 8.41. The third-order valence-electron chi connectivity index (χ3n) is 3.36. The molecule has 0 spiro atoms. The van der Waals surface area contributed by atoms with Crippen LogP contribution >= 0.6 is 0 Å². The standard InChI is InChI=1S/C17H23N3O/c1-5-12-6-7-15(14(10-12)17(2,3)4)21-16-19-9-8-13(11-18)20-16/h6-10H,5,11,18H2,1-4H3. The van der Waals surface area contributed by atoms with E-state index in [1.165, 1.54) is 5.56 Å². The van der Waals surface area contributed by atoms with Crippen molar-refractivity contribution in [2.45, 2.75) is 46.1 Å². The third kappa shape index (κ3) is 3.79. The summed E-state index contributed by atoms with van der Waals surface area (Å²) in [7, 11) is 0. The zero-order valence-corrected chi connectivity index (χ0v) is 13.2. The van der Waals surface area contributed by atoms with Crippen LogP contribution in [0.5, 0.6) is 11.8 Å². The van der Waals surface area contributed by atoms with Crippen molar-refractivity contribution < 1.29 is 4.74 Å². The van der Waals surface area contributed by atoms with Gasteiger partial charge in [0.15, 0.2) is 0 Å². The summed E-state index contributed by atoms with van der Waals surface area (Å²) >= 11 is 0. The topological polar surface area (TPSA) is 61.0 Å². The van der Waals surface area contributed by atoms with E-state index in [1.54, 1.807) is 12.3 Å². The minimum Gasteiger partial charge on any atom is -0.424 e. The molecule has 2 rings (SSSR count). The lowest BCUT2D eigenvalue weighted by atomic mass is 9.85. The van der Waals surface area contributed by atoms with E-state index in [0.717, 1.165) is 23.4 Å². The van der Waals surface area contributed by atoms with Gasteiger partial charge in [0.1, 0.15) is 5.75 Å². The summed E-state index contributed by atoms with van der Waals surface area (Å²) in [5, 5.41) is 0. The van der Waals surface area contributed by atoms with Crippen molar-refractivity contribution in [1.29, 1.82) is 0 Å². The summed E-state index contributed by atoms with van der Waals surface area (Å²) in [6.45, 7) is 9.04. The molecule has 4 heteroatoms. The molecular weight excluding hydrogens is 262 g/mol. The first-order valence-corrected chi connectivity index (χ1v) is 7.27. The van der Waals surface area contributed by atoms with Gasteiger partial charge in [0, 0.05) is 18.3 Å². The summed E-state index contributed by atoms with van der Waals surface area (Å²) in [5.41, 5.74) is 8.81. The molecule has 1 heterocycles. The quantitative estimate of drug-likeness (QED) is 0.932. The molecule has 0 saturated heterocycles. The number of aromatic nitrogens is 2. The third-order valence-corrected chi connectivity index (χ3v) is 3.36. The van der Waals surface area contributed by atoms with Crippen LogP contribution in [0.1, 0.15) is 44.5 Å². The molecular formula is C17H23N3O.